The molecule has 0 radical (unpaired) electrons. The molecule has 0 aliphatic carbocycles. The number of nitrogens with two attached hydrogens (primary N) is 1. The molecule has 2 N–H and O–H groups in total. The molecule has 0 unspecified atom stereocenters. The second-order valence-electron chi connectivity index (χ2n) is 6.76. The van der Waals surface area contributed by atoms with Crippen LogP contribution < -0.4 is 5.73 Å². The van der Waals surface area contributed by atoms with Gasteiger partial charge in [0.15, 0.2) is 0 Å². The molecule has 0 aromatic heterocycles. The molecule has 1 aromatic rings. The monoisotopic (exact) mass is 333 g/mol. The number of benzene rings is 1. The molecule has 2 heterocycles. The van der Waals surface area contributed by atoms with Crippen molar-refractivity contribution in [2.24, 2.45) is 11.7 Å². The number of hydrogen-bond donors (Lipinski definition) is 1. The largest absolute Gasteiger partial charge is 0.369 e. The SMILES string of the molecule is NC(=O)CN1CCC(C(=O)N2CCC[C@@H]2c2ccc(F)cc2)CC1. The number of amides is 2. The first-order valence-electron chi connectivity index (χ1n) is 8.61. The van der Waals surface area contributed by atoms with Crippen molar-refractivity contribution in [2.45, 2.75) is 31.7 Å². The summed E-state index contributed by atoms with van der Waals surface area (Å²) in [6.07, 6.45) is 3.43. The summed E-state index contributed by atoms with van der Waals surface area (Å²) in [4.78, 5) is 27.9. The highest BCUT2D eigenvalue weighted by atomic mass is 19.1. The van der Waals surface area contributed by atoms with Crippen molar-refractivity contribution in [3.8, 4) is 0 Å². The molecule has 2 saturated heterocycles. The summed E-state index contributed by atoms with van der Waals surface area (Å²) in [6.45, 7) is 2.49. The lowest BCUT2D eigenvalue weighted by Gasteiger charge is -2.34. The van der Waals surface area contributed by atoms with Crippen LogP contribution in [0.1, 0.15) is 37.3 Å². The first-order valence-corrected chi connectivity index (χ1v) is 8.61. The van der Waals surface area contributed by atoms with E-state index < -0.39 is 0 Å². The van der Waals surface area contributed by atoms with E-state index in [1.807, 2.05) is 9.80 Å². The van der Waals surface area contributed by atoms with Crippen LogP contribution in [0.3, 0.4) is 0 Å². The summed E-state index contributed by atoms with van der Waals surface area (Å²) >= 11 is 0. The number of halogens is 1. The predicted octanol–water partition coefficient (Wildman–Crippen LogP) is 1.69. The Bertz CT molecular complexity index is 597. The van der Waals surface area contributed by atoms with E-state index in [1.54, 1.807) is 12.1 Å². The van der Waals surface area contributed by atoms with Gasteiger partial charge in [0.05, 0.1) is 12.6 Å². The Hall–Kier alpha value is -1.95. The van der Waals surface area contributed by atoms with Crippen molar-refractivity contribution in [1.29, 1.82) is 0 Å². The summed E-state index contributed by atoms with van der Waals surface area (Å²) < 4.78 is 13.1. The fourth-order valence-corrected chi connectivity index (χ4v) is 3.85. The molecule has 6 heteroatoms. The molecule has 2 amide bonds. The first kappa shape index (κ1) is 16.9. The zero-order chi connectivity index (χ0) is 17.1. The van der Waals surface area contributed by atoms with E-state index in [-0.39, 0.29) is 36.1 Å². The highest BCUT2D eigenvalue weighted by Gasteiger charge is 2.35. The van der Waals surface area contributed by atoms with Crippen molar-refractivity contribution >= 4 is 11.8 Å². The van der Waals surface area contributed by atoms with E-state index in [0.717, 1.165) is 50.9 Å². The zero-order valence-corrected chi connectivity index (χ0v) is 13.8. The average molecular weight is 333 g/mol. The van der Waals surface area contributed by atoms with Gasteiger partial charge in [-0.1, -0.05) is 12.1 Å². The van der Waals surface area contributed by atoms with E-state index in [4.69, 9.17) is 5.73 Å². The molecule has 24 heavy (non-hydrogen) atoms. The van der Waals surface area contributed by atoms with Crippen LogP contribution in [0.15, 0.2) is 24.3 Å². The van der Waals surface area contributed by atoms with Crippen LogP contribution in [0.4, 0.5) is 4.39 Å². The van der Waals surface area contributed by atoms with Gasteiger partial charge in [-0.15, -0.1) is 0 Å². The average Bonchev–Trinajstić information content (AvgIpc) is 3.04. The maximum Gasteiger partial charge on any atom is 0.231 e. The van der Waals surface area contributed by atoms with Crippen LogP contribution in [0.5, 0.6) is 0 Å². The summed E-state index contributed by atoms with van der Waals surface area (Å²) in [5, 5.41) is 0. The molecule has 2 aliphatic rings. The van der Waals surface area contributed by atoms with Crippen molar-refractivity contribution in [3.63, 3.8) is 0 Å². The summed E-state index contributed by atoms with van der Waals surface area (Å²) in [5.41, 5.74) is 6.24. The maximum atomic E-state index is 13.1. The number of piperidine rings is 1. The minimum absolute atomic E-state index is 0.00942. The Balaban J connectivity index is 1.62. The fraction of sp³-hybridized carbons (Fsp3) is 0.556. The van der Waals surface area contributed by atoms with Crippen molar-refractivity contribution in [1.82, 2.24) is 9.80 Å². The predicted molar refractivity (Wildman–Crippen MR) is 88.4 cm³/mol. The van der Waals surface area contributed by atoms with E-state index in [1.165, 1.54) is 12.1 Å². The molecule has 2 aliphatic heterocycles. The number of rotatable bonds is 4. The Morgan fingerprint density at radius 1 is 1.08 bits per heavy atom. The van der Waals surface area contributed by atoms with Gasteiger partial charge in [0.25, 0.3) is 0 Å². The van der Waals surface area contributed by atoms with Gasteiger partial charge in [0.1, 0.15) is 5.82 Å². The van der Waals surface area contributed by atoms with E-state index >= 15 is 0 Å². The summed E-state index contributed by atoms with van der Waals surface area (Å²) in [6, 6.07) is 6.53. The molecule has 5 nitrogen and oxygen atoms in total. The summed E-state index contributed by atoms with van der Waals surface area (Å²) in [7, 11) is 0. The third kappa shape index (κ3) is 3.75. The van der Waals surface area contributed by atoms with Crippen molar-refractivity contribution < 1.29 is 14.0 Å². The summed E-state index contributed by atoms with van der Waals surface area (Å²) in [5.74, 6) is -0.372. The molecule has 1 atom stereocenters. The van der Waals surface area contributed by atoms with Crippen molar-refractivity contribution in [3.05, 3.63) is 35.6 Å². The molecule has 130 valence electrons. The Labute approximate surface area is 141 Å². The van der Waals surface area contributed by atoms with Crippen LogP contribution >= 0.6 is 0 Å². The van der Waals surface area contributed by atoms with Crippen LogP contribution in [-0.4, -0.2) is 47.8 Å². The molecule has 0 saturated carbocycles. The highest BCUT2D eigenvalue weighted by molar-refractivity contribution is 5.80. The van der Waals surface area contributed by atoms with Gasteiger partial charge in [0.2, 0.25) is 11.8 Å². The van der Waals surface area contributed by atoms with Crippen LogP contribution in [-0.2, 0) is 9.59 Å². The number of carbonyl (C=O) groups is 2. The Morgan fingerprint density at radius 3 is 2.38 bits per heavy atom. The number of hydrogen-bond acceptors (Lipinski definition) is 3. The van der Waals surface area contributed by atoms with Crippen LogP contribution in [0.25, 0.3) is 0 Å². The number of carbonyl (C=O) groups excluding carboxylic acids is 2. The second kappa shape index (κ2) is 7.30. The van der Waals surface area contributed by atoms with Crippen LogP contribution in [0, 0.1) is 11.7 Å². The molecular weight excluding hydrogens is 309 g/mol. The smallest absolute Gasteiger partial charge is 0.231 e. The first-order chi connectivity index (χ1) is 11.5. The molecule has 0 bridgehead atoms. The van der Waals surface area contributed by atoms with Crippen molar-refractivity contribution in [2.75, 3.05) is 26.2 Å². The lowest BCUT2D eigenvalue weighted by Crippen LogP contribution is -2.44. The zero-order valence-electron chi connectivity index (χ0n) is 13.8. The van der Waals surface area contributed by atoms with Gasteiger partial charge in [-0.05, 0) is 56.5 Å². The molecule has 0 spiro atoms. The van der Waals surface area contributed by atoms with E-state index in [2.05, 4.69) is 0 Å². The number of likely N-dealkylation sites (tertiary alicyclic amines) is 2. The Kier molecular flexibility index (Phi) is 5.14. The second-order valence-corrected chi connectivity index (χ2v) is 6.76. The lowest BCUT2D eigenvalue weighted by atomic mass is 9.94. The highest BCUT2D eigenvalue weighted by Crippen LogP contribution is 2.34. The minimum atomic E-state index is -0.323. The lowest BCUT2D eigenvalue weighted by molar-refractivity contribution is -0.138. The normalized spacial score (nSPS) is 22.7. The maximum absolute atomic E-state index is 13.1. The van der Waals surface area contributed by atoms with E-state index in [0.29, 0.717) is 0 Å². The third-order valence-corrected chi connectivity index (χ3v) is 5.11. The van der Waals surface area contributed by atoms with Gasteiger partial charge in [-0.2, -0.15) is 0 Å². The van der Waals surface area contributed by atoms with Gasteiger partial charge in [0, 0.05) is 12.5 Å². The van der Waals surface area contributed by atoms with Gasteiger partial charge in [-0.25, -0.2) is 4.39 Å². The molecular formula is C18H24FN3O2. The van der Waals surface area contributed by atoms with Gasteiger partial charge >= 0.3 is 0 Å². The third-order valence-electron chi connectivity index (χ3n) is 5.11. The topological polar surface area (TPSA) is 66.6 Å². The fourth-order valence-electron chi connectivity index (χ4n) is 3.85. The van der Waals surface area contributed by atoms with Gasteiger partial charge < -0.3 is 10.6 Å². The van der Waals surface area contributed by atoms with E-state index in [9.17, 15) is 14.0 Å². The number of nitrogens with zero attached hydrogens (tertiary/aromatic N) is 2. The molecule has 1 aromatic carbocycles. The molecule has 3 rings (SSSR count). The van der Waals surface area contributed by atoms with Gasteiger partial charge in [-0.3, -0.25) is 14.5 Å². The van der Waals surface area contributed by atoms with Crippen LogP contribution in [0.2, 0.25) is 0 Å². The number of primary amides is 1. The quantitative estimate of drug-likeness (QED) is 0.912. The standard InChI is InChI=1S/C18H24FN3O2/c19-15-5-3-13(4-6-15)16-2-1-9-22(16)18(24)14-7-10-21(11-8-14)12-17(20)23/h3-6,14,16H,1-2,7-12H2,(H2,20,23)/t16-/m1/s1. The Morgan fingerprint density at radius 2 is 1.75 bits per heavy atom. The minimum Gasteiger partial charge on any atom is -0.369 e. The molecule has 2 fully saturated rings.